The molecule has 2 nitrogen and oxygen atoms in total. The van der Waals surface area contributed by atoms with Crippen LogP contribution in [0.25, 0.3) is 0 Å². The Bertz CT molecular complexity index is 294. The number of aromatic nitrogens is 1. The molecule has 0 atom stereocenters. The molecule has 0 fully saturated rings. The topological polar surface area (TPSA) is 15.9 Å². The third-order valence-electron chi connectivity index (χ3n) is 1.77. The van der Waals surface area contributed by atoms with Gasteiger partial charge in [0, 0.05) is 6.07 Å². The highest BCUT2D eigenvalue weighted by molar-refractivity contribution is 6.31. The second-order valence-corrected chi connectivity index (χ2v) is 2.79. The van der Waals surface area contributed by atoms with Gasteiger partial charge in [0.1, 0.15) is 13.8 Å². The lowest BCUT2D eigenvalue weighted by Crippen LogP contribution is -2.12. The van der Waals surface area contributed by atoms with E-state index in [4.69, 9.17) is 0 Å². The van der Waals surface area contributed by atoms with E-state index in [9.17, 15) is 0 Å². The number of hydrogen-bond donors (Lipinski definition) is 0. The first kappa shape index (κ1) is 7.99. The maximum Gasteiger partial charge on any atom is 0.223 e. The Morgan fingerprint density at radius 2 is 2.27 bits per heavy atom. The molecule has 0 N–H and O–H groups in total. The van der Waals surface area contributed by atoms with E-state index in [0.29, 0.717) is 0 Å². The fourth-order valence-corrected chi connectivity index (χ4v) is 0.837. The summed E-state index contributed by atoms with van der Waals surface area (Å²) in [6, 6.07) is 2.08. The van der Waals surface area contributed by atoms with Gasteiger partial charge in [-0.05, 0) is 18.1 Å². The molecule has 11 heavy (non-hydrogen) atoms. The molecule has 0 saturated carbocycles. The summed E-state index contributed by atoms with van der Waals surface area (Å²) < 4.78 is 1.80. The van der Waals surface area contributed by atoms with E-state index in [1.807, 2.05) is 21.1 Å². The molecule has 3 heteroatoms. The van der Waals surface area contributed by atoms with Crippen molar-refractivity contribution in [2.24, 2.45) is 0 Å². The van der Waals surface area contributed by atoms with Gasteiger partial charge in [0.15, 0.2) is 7.85 Å². The fraction of sp³-hybridized carbons (Fsp3) is 0.250. The van der Waals surface area contributed by atoms with Gasteiger partial charge in [-0.2, -0.15) is 0 Å². The van der Waals surface area contributed by atoms with Crippen molar-refractivity contribution >= 4 is 25.8 Å². The minimum absolute atomic E-state index is 1.05. The highest BCUT2D eigenvalue weighted by Crippen LogP contribution is 2.06. The number of hydrogen-bond acceptors (Lipinski definition) is 1. The molecular weight excluding hydrogens is 135 g/mol. The lowest BCUT2D eigenvalue weighted by Gasteiger charge is -1.98. The highest BCUT2D eigenvalue weighted by atomic mass is 15.0. The van der Waals surface area contributed by atoms with Crippen molar-refractivity contribution in [3.8, 4) is 0 Å². The summed E-state index contributed by atoms with van der Waals surface area (Å²) in [7, 11) is 3.91. The highest BCUT2D eigenvalue weighted by Gasteiger charge is 2.02. The first-order valence-electron chi connectivity index (χ1n) is 3.58. The first-order chi connectivity index (χ1) is 5.11. The Kier molecular flexibility index (Phi) is 2.08. The van der Waals surface area contributed by atoms with Crippen LogP contribution in [0.3, 0.4) is 0 Å². The summed E-state index contributed by atoms with van der Waals surface area (Å²) in [5.41, 5.74) is 3.33. The van der Waals surface area contributed by atoms with Gasteiger partial charge < -0.3 is 0 Å². The predicted octanol–water partition coefficient (Wildman–Crippen LogP) is -0.377. The number of aryl methyl sites for hydroxylation is 1. The molecular formula is C8H12BN2+. The summed E-state index contributed by atoms with van der Waals surface area (Å²) in [6.45, 7) is 5.82. The molecule has 0 saturated heterocycles. The van der Waals surface area contributed by atoms with Gasteiger partial charge in [-0.3, -0.25) is 4.98 Å². The molecule has 0 aliphatic rings. The van der Waals surface area contributed by atoms with Crippen LogP contribution in [-0.4, -0.2) is 31.2 Å². The maximum absolute atomic E-state index is 4.22. The molecule has 0 bridgehead atoms. The van der Waals surface area contributed by atoms with E-state index in [2.05, 4.69) is 24.7 Å². The van der Waals surface area contributed by atoms with Crippen LogP contribution in [-0.2, 0) is 0 Å². The van der Waals surface area contributed by atoms with Gasteiger partial charge in [-0.1, -0.05) is 0 Å². The third kappa shape index (κ3) is 1.67. The second kappa shape index (κ2) is 2.87. The first-order valence-corrected chi connectivity index (χ1v) is 3.58. The normalized spacial score (nSPS) is 9.64. The molecule has 0 radical (unpaired) electrons. The molecule has 0 spiro atoms. The summed E-state index contributed by atoms with van der Waals surface area (Å²) in [4.78, 5) is 4.22. The Hall–Kier alpha value is -1.12. The molecule has 0 amide bonds. The predicted molar refractivity (Wildman–Crippen MR) is 50.1 cm³/mol. The Morgan fingerprint density at radius 3 is 2.73 bits per heavy atom. The standard InChI is InChI=1S/C8H12BN2/c1-6-4-7(11(2)3)5-10-8(6)9/h4-5H,2,9H2,1,3H3/q+1. The average Bonchev–Trinajstić information content (AvgIpc) is 1.94. The summed E-state index contributed by atoms with van der Waals surface area (Å²) in [5, 5.41) is 0. The molecule has 0 aromatic carbocycles. The van der Waals surface area contributed by atoms with E-state index >= 15 is 0 Å². The maximum atomic E-state index is 4.22. The van der Waals surface area contributed by atoms with Crippen LogP contribution in [0.4, 0.5) is 5.69 Å². The van der Waals surface area contributed by atoms with Crippen LogP contribution in [0.2, 0.25) is 0 Å². The number of nitrogens with zero attached hydrogens (tertiary/aromatic N) is 2. The lowest BCUT2D eigenvalue weighted by molar-refractivity contribution is -0.395. The zero-order valence-corrected chi connectivity index (χ0v) is 7.26. The van der Waals surface area contributed by atoms with Crippen LogP contribution in [0.1, 0.15) is 5.56 Å². The minimum atomic E-state index is 1.05. The van der Waals surface area contributed by atoms with Crippen molar-refractivity contribution < 1.29 is 4.58 Å². The number of rotatable bonds is 1. The zero-order valence-electron chi connectivity index (χ0n) is 7.26. The van der Waals surface area contributed by atoms with Crippen molar-refractivity contribution in [3.05, 3.63) is 17.8 Å². The van der Waals surface area contributed by atoms with Crippen molar-refractivity contribution in [1.82, 2.24) is 4.98 Å². The van der Waals surface area contributed by atoms with Crippen LogP contribution >= 0.6 is 0 Å². The monoisotopic (exact) mass is 147 g/mol. The van der Waals surface area contributed by atoms with Crippen LogP contribution in [0.15, 0.2) is 12.3 Å². The van der Waals surface area contributed by atoms with Crippen LogP contribution in [0, 0.1) is 6.92 Å². The van der Waals surface area contributed by atoms with E-state index in [1.54, 1.807) is 4.58 Å². The molecule has 0 unspecified atom stereocenters. The molecule has 1 aromatic heterocycles. The number of pyridine rings is 1. The average molecular weight is 147 g/mol. The summed E-state index contributed by atoms with van der Waals surface area (Å²) in [5.74, 6) is 0. The van der Waals surface area contributed by atoms with E-state index in [-0.39, 0.29) is 0 Å². The third-order valence-corrected chi connectivity index (χ3v) is 1.77. The fourth-order valence-electron chi connectivity index (χ4n) is 0.837. The minimum Gasteiger partial charge on any atom is -0.265 e. The Balaban J connectivity index is 3.15. The molecule has 1 aromatic rings. The van der Waals surface area contributed by atoms with E-state index in [0.717, 1.165) is 11.3 Å². The smallest absolute Gasteiger partial charge is 0.223 e. The molecule has 1 rings (SSSR count). The van der Waals surface area contributed by atoms with Gasteiger partial charge in [0.05, 0.1) is 6.20 Å². The lowest BCUT2D eigenvalue weighted by atomic mass is 9.98. The van der Waals surface area contributed by atoms with Crippen LogP contribution < -0.4 is 5.59 Å². The van der Waals surface area contributed by atoms with E-state index < -0.39 is 0 Å². The van der Waals surface area contributed by atoms with Gasteiger partial charge in [0.25, 0.3) is 0 Å². The van der Waals surface area contributed by atoms with Gasteiger partial charge in [-0.15, -0.1) is 0 Å². The largest absolute Gasteiger partial charge is 0.265 e. The van der Waals surface area contributed by atoms with Gasteiger partial charge in [-0.25, -0.2) is 4.58 Å². The van der Waals surface area contributed by atoms with Crippen molar-refractivity contribution in [3.63, 3.8) is 0 Å². The second-order valence-electron chi connectivity index (χ2n) is 2.79. The SMILES string of the molecule is Bc1ncc([N+](=C)C)cc1C. The van der Waals surface area contributed by atoms with Crippen molar-refractivity contribution in [1.29, 1.82) is 0 Å². The summed E-state index contributed by atoms with van der Waals surface area (Å²) >= 11 is 0. The van der Waals surface area contributed by atoms with Crippen LogP contribution in [0.5, 0.6) is 0 Å². The molecule has 0 aliphatic heterocycles. The summed E-state index contributed by atoms with van der Waals surface area (Å²) in [6.07, 6.45) is 1.83. The zero-order chi connectivity index (χ0) is 8.43. The van der Waals surface area contributed by atoms with Crippen molar-refractivity contribution in [2.75, 3.05) is 7.05 Å². The van der Waals surface area contributed by atoms with Gasteiger partial charge in [0.2, 0.25) is 5.69 Å². The molecule has 0 aliphatic carbocycles. The van der Waals surface area contributed by atoms with E-state index in [1.165, 1.54) is 5.56 Å². The van der Waals surface area contributed by atoms with Gasteiger partial charge >= 0.3 is 0 Å². The Morgan fingerprint density at radius 1 is 1.64 bits per heavy atom. The molecule has 1 heterocycles. The van der Waals surface area contributed by atoms with Crippen molar-refractivity contribution in [2.45, 2.75) is 6.92 Å². The quantitative estimate of drug-likeness (QED) is 0.300. The Labute approximate surface area is 68.0 Å². The molecule has 56 valence electrons.